The summed E-state index contributed by atoms with van der Waals surface area (Å²) in [5.74, 6) is 0.914. The van der Waals surface area contributed by atoms with E-state index in [1.807, 2.05) is 14.0 Å². The lowest BCUT2D eigenvalue weighted by molar-refractivity contribution is 0.261. The normalized spacial score (nSPS) is 10.3. The number of amides is 2. The predicted octanol–water partition coefficient (Wildman–Crippen LogP) is 3.07. The van der Waals surface area contributed by atoms with Gasteiger partial charge in [0.25, 0.3) is 0 Å². The number of rotatable bonds is 7. The Morgan fingerprint density at radius 3 is 2.79 bits per heavy atom. The summed E-state index contributed by atoms with van der Waals surface area (Å²) in [6, 6.07) is 4.62. The van der Waals surface area contributed by atoms with Crippen LogP contribution in [0.5, 0.6) is 5.75 Å². The summed E-state index contributed by atoms with van der Waals surface area (Å²) >= 11 is 6.00. The minimum atomic E-state index is -0.449. The van der Waals surface area contributed by atoms with Gasteiger partial charge in [0.1, 0.15) is 5.75 Å². The Labute approximate surface area is 145 Å². The van der Waals surface area contributed by atoms with Crippen LogP contribution in [0.15, 0.2) is 30.6 Å². The van der Waals surface area contributed by atoms with Gasteiger partial charge in [-0.15, -0.1) is 0 Å². The molecule has 0 bridgehead atoms. The molecule has 2 aromatic rings. The van der Waals surface area contributed by atoms with Crippen molar-refractivity contribution >= 4 is 29.1 Å². The van der Waals surface area contributed by atoms with Crippen LogP contribution in [0.3, 0.4) is 0 Å². The number of aryl methyl sites for hydroxylation is 1. The van der Waals surface area contributed by atoms with Crippen LogP contribution in [0.4, 0.5) is 16.3 Å². The molecule has 2 amide bonds. The van der Waals surface area contributed by atoms with E-state index in [4.69, 9.17) is 16.3 Å². The quantitative estimate of drug-likeness (QED) is 0.668. The number of urea groups is 1. The van der Waals surface area contributed by atoms with Gasteiger partial charge >= 0.3 is 6.03 Å². The number of anilines is 2. The molecule has 128 valence electrons. The summed E-state index contributed by atoms with van der Waals surface area (Å²) in [7, 11) is 1.88. The minimum Gasteiger partial charge on any atom is -0.491 e. The van der Waals surface area contributed by atoms with Gasteiger partial charge < -0.3 is 15.4 Å². The maximum atomic E-state index is 12.1. The van der Waals surface area contributed by atoms with Gasteiger partial charge in [-0.3, -0.25) is 10.3 Å². The zero-order chi connectivity index (χ0) is 17.4. The summed E-state index contributed by atoms with van der Waals surface area (Å²) in [5.41, 5.74) is 1.26. The van der Waals surface area contributed by atoms with Gasteiger partial charge in [-0.05, 0) is 45.1 Å². The molecule has 0 radical (unpaired) electrons. The third-order valence-electron chi connectivity index (χ3n) is 3.04. The molecule has 0 fully saturated rings. The van der Waals surface area contributed by atoms with E-state index in [9.17, 15) is 4.79 Å². The number of hydrogen-bond acceptors (Lipinski definition) is 5. The second-order valence-electron chi connectivity index (χ2n) is 5.07. The molecule has 7 nitrogen and oxygen atoms in total. The van der Waals surface area contributed by atoms with E-state index in [0.29, 0.717) is 28.9 Å². The molecular weight excluding hydrogens is 330 g/mol. The zero-order valence-corrected chi connectivity index (χ0v) is 14.4. The molecule has 0 aliphatic carbocycles. The monoisotopic (exact) mass is 349 g/mol. The fourth-order valence-electron chi connectivity index (χ4n) is 1.88. The fraction of sp³-hybridized carbons (Fsp3) is 0.312. The smallest absolute Gasteiger partial charge is 0.325 e. The molecule has 1 aromatic carbocycles. The predicted molar refractivity (Wildman–Crippen MR) is 94.9 cm³/mol. The maximum absolute atomic E-state index is 12.1. The third kappa shape index (κ3) is 5.68. The van der Waals surface area contributed by atoms with E-state index in [2.05, 4.69) is 25.9 Å². The molecule has 3 N–H and O–H groups in total. The van der Waals surface area contributed by atoms with Gasteiger partial charge in [-0.2, -0.15) is 0 Å². The molecule has 0 unspecified atom stereocenters. The summed E-state index contributed by atoms with van der Waals surface area (Å²) in [4.78, 5) is 20.3. The maximum Gasteiger partial charge on any atom is 0.325 e. The number of carbonyl (C=O) groups excluding carboxylic acids is 1. The van der Waals surface area contributed by atoms with Crippen molar-refractivity contribution in [3.05, 3.63) is 41.3 Å². The summed E-state index contributed by atoms with van der Waals surface area (Å²) in [6.07, 6.45) is 3.91. The highest BCUT2D eigenvalue weighted by Crippen LogP contribution is 2.28. The van der Waals surface area contributed by atoms with Gasteiger partial charge in [-0.1, -0.05) is 11.6 Å². The molecule has 0 aliphatic heterocycles. The van der Waals surface area contributed by atoms with E-state index in [-0.39, 0.29) is 0 Å². The van der Waals surface area contributed by atoms with Crippen molar-refractivity contribution in [2.24, 2.45) is 0 Å². The standard InChI is InChI=1S/C16H20ClN5O2/c1-11-9-20-15(10-19-11)22-16(23)21-13-8-12(17)4-5-14(13)24-7-3-6-18-2/h4-5,8-10,18H,3,6-7H2,1-2H3,(H2,20,21,22,23). The molecule has 0 saturated carbocycles. The Hall–Kier alpha value is -2.38. The second-order valence-corrected chi connectivity index (χ2v) is 5.50. The van der Waals surface area contributed by atoms with E-state index in [1.54, 1.807) is 24.4 Å². The van der Waals surface area contributed by atoms with Gasteiger partial charge in [-0.25, -0.2) is 9.78 Å². The Morgan fingerprint density at radius 1 is 1.25 bits per heavy atom. The number of aromatic nitrogens is 2. The highest BCUT2D eigenvalue weighted by molar-refractivity contribution is 6.31. The van der Waals surface area contributed by atoms with Crippen molar-refractivity contribution in [2.75, 3.05) is 30.8 Å². The van der Waals surface area contributed by atoms with Crippen molar-refractivity contribution in [2.45, 2.75) is 13.3 Å². The minimum absolute atomic E-state index is 0.358. The number of hydrogen-bond donors (Lipinski definition) is 3. The molecule has 2 rings (SSSR count). The van der Waals surface area contributed by atoms with Gasteiger partial charge in [0.15, 0.2) is 5.82 Å². The molecule has 0 spiro atoms. The number of carbonyl (C=O) groups is 1. The van der Waals surface area contributed by atoms with Gasteiger partial charge in [0, 0.05) is 5.02 Å². The summed E-state index contributed by atoms with van der Waals surface area (Å²) in [5, 5.41) is 8.87. The van der Waals surface area contributed by atoms with Crippen LogP contribution in [0, 0.1) is 6.92 Å². The van der Waals surface area contributed by atoms with Crippen LogP contribution in [-0.2, 0) is 0 Å². The first-order valence-electron chi connectivity index (χ1n) is 7.52. The van der Waals surface area contributed by atoms with Crippen molar-refractivity contribution < 1.29 is 9.53 Å². The average molecular weight is 350 g/mol. The Morgan fingerprint density at radius 2 is 2.08 bits per heavy atom. The molecule has 1 heterocycles. The summed E-state index contributed by atoms with van der Waals surface area (Å²) < 4.78 is 5.69. The van der Waals surface area contributed by atoms with Crippen LogP contribution in [0.1, 0.15) is 12.1 Å². The van der Waals surface area contributed by atoms with Crippen LogP contribution < -0.4 is 20.7 Å². The largest absolute Gasteiger partial charge is 0.491 e. The lowest BCUT2D eigenvalue weighted by atomic mass is 10.3. The van der Waals surface area contributed by atoms with E-state index < -0.39 is 6.03 Å². The van der Waals surface area contributed by atoms with Crippen LogP contribution in [0.2, 0.25) is 5.02 Å². The van der Waals surface area contributed by atoms with Gasteiger partial charge in [0.05, 0.1) is 30.4 Å². The van der Waals surface area contributed by atoms with Crippen molar-refractivity contribution in [1.82, 2.24) is 15.3 Å². The van der Waals surface area contributed by atoms with Crippen LogP contribution in [-0.4, -0.2) is 36.2 Å². The number of benzene rings is 1. The first-order chi connectivity index (χ1) is 11.6. The van der Waals surface area contributed by atoms with E-state index >= 15 is 0 Å². The average Bonchev–Trinajstić information content (AvgIpc) is 2.55. The third-order valence-corrected chi connectivity index (χ3v) is 3.28. The lowest BCUT2D eigenvalue weighted by Gasteiger charge is -2.13. The molecule has 8 heteroatoms. The molecule has 0 saturated heterocycles. The Kier molecular flexibility index (Phi) is 6.77. The number of halogens is 1. The Bertz CT molecular complexity index is 679. The van der Waals surface area contributed by atoms with Crippen molar-refractivity contribution in [1.29, 1.82) is 0 Å². The first kappa shape index (κ1) is 18.0. The van der Waals surface area contributed by atoms with Crippen LogP contribution in [0.25, 0.3) is 0 Å². The fourth-order valence-corrected chi connectivity index (χ4v) is 2.06. The van der Waals surface area contributed by atoms with Crippen LogP contribution >= 0.6 is 11.6 Å². The molecule has 24 heavy (non-hydrogen) atoms. The molecule has 0 aliphatic rings. The molecular formula is C16H20ClN5O2. The Balaban J connectivity index is 2.00. The van der Waals surface area contributed by atoms with E-state index in [1.165, 1.54) is 6.20 Å². The van der Waals surface area contributed by atoms with Crippen molar-refractivity contribution in [3.8, 4) is 5.75 Å². The summed E-state index contributed by atoms with van der Waals surface area (Å²) in [6.45, 7) is 3.20. The lowest BCUT2D eigenvalue weighted by Crippen LogP contribution is -2.21. The highest BCUT2D eigenvalue weighted by Gasteiger charge is 2.10. The van der Waals surface area contributed by atoms with Gasteiger partial charge in [0.2, 0.25) is 0 Å². The zero-order valence-electron chi connectivity index (χ0n) is 13.6. The SMILES string of the molecule is CNCCCOc1ccc(Cl)cc1NC(=O)Nc1cnc(C)cn1. The number of nitrogens with one attached hydrogen (secondary N) is 3. The second kappa shape index (κ2) is 9.05. The first-order valence-corrected chi connectivity index (χ1v) is 7.90. The number of nitrogens with zero attached hydrogens (tertiary/aromatic N) is 2. The topological polar surface area (TPSA) is 88.2 Å². The highest BCUT2D eigenvalue weighted by atomic mass is 35.5. The number of ether oxygens (including phenoxy) is 1. The van der Waals surface area contributed by atoms with E-state index in [0.717, 1.165) is 18.7 Å². The molecule has 1 aromatic heterocycles. The molecule has 0 atom stereocenters. The van der Waals surface area contributed by atoms with Crippen molar-refractivity contribution in [3.63, 3.8) is 0 Å².